The summed E-state index contributed by atoms with van der Waals surface area (Å²) in [6.45, 7) is 1.78. The molecule has 1 aromatic carbocycles. The normalized spacial score (nSPS) is 17.7. The topological polar surface area (TPSA) is 78.4 Å². The molecule has 0 saturated heterocycles. The van der Waals surface area contributed by atoms with E-state index < -0.39 is 5.54 Å². The molecule has 0 bridgehead atoms. The van der Waals surface area contributed by atoms with Crippen LogP contribution in [0.3, 0.4) is 0 Å². The minimum absolute atomic E-state index is 0.0243. The molecule has 5 nitrogen and oxygen atoms in total. The fraction of sp³-hybridized carbons (Fsp3) is 0.529. The SMILES string of the molecule is CC(CC(=O)NC1(CO)CCCC1)NC(=O)c1ccccc1. The van der Waals surface area contributed by atoms with Crippen LogP contribution in [-0.4, -0.2) is 35.1 Å². The van der Waals surface area contributed by atoms with Gasteiger partial charge in [0.15, 0.2) is 0 Å². The standard InChI is InChI=1S/C17H24N2O3/c1-13(18-16(22)14-7-3-2-4-8-14)11-15(21)19-17(12-20)9-5-6-10-17/h2-4,7-8,13,20H,5-6,9-12H2,1H3,(H,18,22)(H,19,21). The monoisotopic (exact) mass is 304 g/mol. The fourth-order valence-corrected chi connectivity index (χ4v) is 2.95. The third-order valence-electron chi connectivity index (χ3n) is 4.17. The van der Waals surface area contributed by atoms with Crippen LogP contribution in [0.4, 0.5) is 0 Å². The van der Waals surface area contributed by atoms with E-state index in [-0.39, 0.29) is 30.9 Å². The highest BCUT2D eigenvalue weighted by molar-refractivity contribution is 5.94. The van der Waals surface area contributed by atoms with Crippen LogP contribution in [0.2, 0.25) is 0 Å². The summed E-state index contributed by atoms with van der Waals surface area (Å²) < 4.78 is 0. The average molecular weight is 304 g/mol. The summed E-state index contributed by atoms with van der Waals surface area (Å²) in [5.74, 6) is -0.310. The Morgan fingerprint density at radius 2 is 1.86 bits per heavy atom. The van der Waals surface area contributed by atoms with Gasteiger partial charge < -0.3 is 15.7 Å². The van der Waals surface area contributed by atoms with Crippen molar-refractivity contribution < 1.29 is 14.7 Å². The van der Waals surface area contributed by atoms with Gasteiger partial charge in [-0.25, -0.2) is 0 Å². The first-order chi connectivity index (χ1) is 10.5. The molecule has 1 fully saturated rings. The van der Waals surface area contributed by atoms with Gasteiger partial charge in [0.05, 0.1) is 12.1 Å². The van der Waals surface area contributed by atoms with Gasteiger partial charge in [0, 0.05) is 18.0 Å². The molecule has 0 aromatic heterocycles. The summed E-state index contributed by atoms with van der Waals surface area (Å²) in [6, 6.07) is 8.67. The number of amides is 2. The first kappa shape index (κ1) is 16.5. The van der Waals surface area contributed by atoms with Crippen LogP contribution in [0.5, 0.6) is 0 Å². The van der Waals surface area contributed by atoms with Gasteiger partial charge in [-0.1, -0.05) is 31.0 Å². The van der Waals surface area contributed by atoms with Crippen molar-refractivity contribution >= 4 is 11.8 Å². The van der Waals surface area contributed by atoms with E-state index in [0.29, 0.717) is 5.56 Å². The molecular formula is C17H24N2O3. The predicted octanol–water partition coefficient (Wildman–Crippen LogP) is 1.62. The molecule has 2 amide bonds. The smallest absolute Gasteiger partial charge is 0.251 e. The largest absolute Gasteiger partial charge is 0.394 e. The van der Waals surface area contributed by atoms with E-state index in [1.165, 1.54) is 0 Å². The molecule has 1 aromatic rings. The van der Waals surface area contributed by atoms with E-state index in [1.54, 1.807) is 31.2 Å². The minimum Gasteiger partial charge on any atom is -0.394 e. The Balaban J connectivity index is 1.82. The molecule has 0 aliphatic heterocycles. The summed E-state index contributed by atoms with van der Waals surface area (Å²) in [5, 5.41) is 15.3. The van der Waals surface area contributed by atoms with Gasteiger partial charge in [-0.15, -0.1) is 0 Å². The van der Waals surface area contributed by atoms with Crippen LogP contribution in [0, 0.1) is 0 Å². The molecule has 1 saturated carbocycles. The first-order valence-corrected chi connectivity index (χ1v) is 7.82. The maximum atomic E-state index is 12.1. The number of hydrogen-bond donors (Lipinski definition) is 3. The van der Waals surface area contributed by atoms with Crippen molar-refractivity contribution in [2.45, 2.75) is 50.6 Å². The maximum absolute atomic E-state index is 12.1. The molecule has 1 aliphatic rings. The van der Waals surface area contributed by atoms with Crippen LogP contribution < -0.4 is 10.6 Å². The van der Waals surface area contributed by atoms with Crippen molar-refractivity contribution in [2.24, 2.45) is 0 Å². The average Bonchev–Trinajstić information content (AvgIpc) is 2.96. The second-order valence-corrected chi connectivity index (χ2v) is 6.14. The van der Waals surface area contributed by atoms with Gasteiger partial charge in [0.25, 0.3) is 5.91 Å². The Hall–Kier alpha value is -1.88. The Kier molecular flexibility index (Phi) is 5.55. The number of nitrogens with one attached hydrogen (secondary N) is 2. The van der Waals surface area contributed by atoms with Crippen LogP contribution in [0.1, 0.15) is 49.4 Å². The lowest BCUT2D eigenvalue weighted by molar-refractivity contribution is -0.123. The summed E-state index contributed by atoms with van der Waals surface area (Å²) in [7, 11) is 0. The highest BCUT2D eigenvalue weighted by Crippen LogP contribution is 2.29. The zero-order chi connectivity index (χ0) is 16.0. The van der Waals surface area contributed by atoms with Crippen molar-refractivity contribution in [1.29, 1.82) is 0 Å². The highest BCUT2D eigenvalue weighted by Gasteiger charge is 2.34. The molecule has 1 atom stereocenters. The molecule has 120 valence electrons. The summed E-state index contributed by atoms with van der Waals surface area (Å²) in [4.78, 5) is 24.1. The van der Waals surface area contributed by atoms with Crippen molar-refractivity contribution in [3.63, 3.8) is 0 Å². The van der Waals surface area contributed by atoms with Crippen LogP contribution in [-0.2, 0) is 4.79 Å². The van der Waals surface area contributed by atoms with E-state index in [0.717, 1.165) is 25.7 Å². The zero-order valence-electron chi connectivity index (χ0n) is 13.0. The van der Waals surface area contributed by atoms with Crippen LogP contribution in [0.15, 0.2) is 30.3 Å². The van der Waals surface area contributed by atoms with Crippen LogP contribution in [0.25, 0.3) is 0 Å². The first-order valence-electron chi connectivity index (χ1n) is 7.82. The number of benzene rings is 1. The van der Waals surface area contributed by atoms with Gasteiger partial charge >= 0.3 is 0 Å². The minimum atomic E-state index is -0.458. The third-order valence-corrected chi connectivity index (χ3v) is 4.17. The quantitative estimate of drug-likeness (QED) is 0.747. The van der Waals surface area contributed by atoms with E-state index >= 15 is 0 Å². The Morgan fingerprint density at radius 1 is 1.23 bits per heavy atom. The number of carbonyl (C=O) groups is 2. The number of aliphatic hydroxyl groups excluding tert-OH is 1. The Labute approximate surface area is 131 Å². The van der Waals surface area contributed by atoms with Gasteiger partial charge in [-0.05, 0) is 31.9 Å². The van der Waals surface area contributed by atoms with Crippen LogP contribution >= 0.6 is 0 Å². The van der Waals surface area contributed by atoms with Crippen molar-refractivity contribution in [2.75, 3.05) is 6.61 Å². The maximum Gasteiger partial charge on any atom is 0.251 e. The van der Waals surface area contributed by atoms with E-state index in [4.69, 9.17) is 0 Å². The van der Waals surface area contributed by atoms with Gasteiger partial charge in [0.1, 0.15) is 0 Å². The summed E-state index contributed by atoms with van der Waals surface area (Å²) in [5.41, 5.74) is 0.123. The number of rotatable bonds is 6. The molecule has 0 radical (unpaired) electrons. The molecule has 0 heterocycles. The summed E-state index contributed by atoms with van der Waals surface area (Å²) in [6.07, 6.45) is 3.91. The third kappa shape index (κ3) is 4.31. The lowest BCUT2D eigenvalue weighted by atomic mass is 9.98. The summed E-state index contributed by atoms with van der Waals surface area (Å²) >= 11 is 0. The molecule has 1 aliphatic carbocycles. The predicted molar refractivity (Wildman–Crippen MR) is 84.4 cm³/mol. The number of carbonyl (C=O) groups excluding carboxylic acids is 2. The molecule has 3 N–H and O–H groups in total. The number of aliphatic hydroxyl groups is 1. The van der Waals surface area contributed by atoms with E-state index in [1.807, 2.05) is 6.07 Å². The molecule has 1 unspecified atom stereocenters. The van der Waals surface area contributed by atoms with Gasteiger partial charge in [-0.2, -0.15) is 0 Å². The molecule has 2 rings (SSSR count). The van der Waals surface area contributed by atoms with E-state index in [9.17, 15) is 14.7 Å². The fourth-order valence-electron chi connectivity index (χ4n) is 2.95. The molecule has 0 spiro atoms. The zero-order valence-corrected chi connectivity index (χ0v) is 13.0. The van der Waals surface area contributed by atoms with Crippen molar-refractivity contribution in [1.82, 2.24) is 10.6 Å². The molecule has 5 heteroatoms. The Morgan fingerprint density at radius 3 is 2.45 bits per heavy atom. The molecule has 22 heavy (non-hydrogen) atoms. The second-order valence-electron chi connectivity index (χ2n) is 6.14. The van der Waals surface area contributed by atoms with Crippen molar-refractivity contribution in [3.8, 4) is 0 Å². The van der Waals surface area contributed by atoms with E-state index in [2.05, 4.69) is 10.6 Å². The second kappa shape index (κ2) is 7.40. The lowest BCUT2D eigenvalue weighted by Crippen LogP contribution is -2.50. The molecular weight excluding hydrogens is 280 g/mol. The van der Waals surface area contributed by atoms with Gasteiger partial charge in [-0.3, -0.25) is 9.59 Å². The Bertz CT molecular complexity index is 510. The van der Waals surface area contributed by atoms with Crippen molar-refractivity contribution in [3.05, 3.63) is 35.9 Å². The highest BCUT2D eigenvalue weighted by atomic mass is 16.3. The van der Waals surface area contributed by atoms with Gasteiger partial charge in [0.2, 0.25) is 5.91 Å². The number of hydrogen-bond acceptors (Lipinski definition) is 3. The lowest BCUT2D eigenvalue weighted by Gasteiger charge is -2.28.